The van der Waals surface area contributed by atoms with E-state index in [4.69, 9.17) is 4.74 Å². The molecule has 4 atom stereocenters. The molecule has 2 aromatic heterocycles. The van der Waals surface area contributed by atoms with Crippen LogP contribution in [0.25, 0.3) is 0 Å². The second kappa shape index (κ2) is 8.92. The van der Waals surface area contributed by atoms with Gasteiger partial charge in [0.25, 0.3) is 5.91 Å². The molecule has 29 heavy (non-hydrogen) atoms. The van der Waals surface area contributed by atoms with Crippen LogP contribution in [0.1, 0.15) is 42.6 Å². The molecule has 0 aromatic carbocycles. The average Bonchev–Trinajstić information content (AvgIpc) is 3.18. The van der Waals surface area contributed by atoms with Crippen LogP contribution in [0, 0.1) is 0 Å². The number of aliphatic hydroxyl groups excluding tert-OH is 1. The number of nitrogens with one attached hydrogen (secondary N) is 1. The van der Waals surface area contributed by atoms with Gasteiger partial charge in [-0.1, -0.05) is 6.42 Å². The van der Waals surface area contributed by atoms with E-state index in [0.717, 1.165) is 32.4 Å². The molecule has 1 saturated carbocycles. The molecule has 156 valence electrons. The molecule has 2 aliphatic rings. The molecule has 2 fully saturated rings. The second-order valence-corrected chi connectivity index (χ2v) is 7.97. The van der Waals surface area contributed by atoms with Crippen LogP contribution in [0.5, 0.6) is 5.75 Å². The van der Waals surface area contributed by atoms with Crippen molar-refractivity contribution in [2.24, 2.45) is 7.05 Å². The third kappa shape index (κ3) is 4.43. The number of carbonyl (C=O) groups excluding carboxylic acids is 1. The van der Waals surface area contributed by atoms with Crippen molar-refractivity contribution in [1.82, 2.24) is 24.8 Å². The molecule has 8 nitrogen and oxygen atoms in total. The zero-order chi connectivity index (χ0) is 20.2. The number of aliphatic hydroxyl groups is 1. The fraction of sp³-hybridized carbons (Fsp3) is 0.571. The number of likely N-dealkylation sites (tertiary alicyclic amines) is 1. The number of pyridine rings is 1. The summed E-state index contributed by atoms with van der Waals surface area (Å²) in [7, 11) is 1.80. The molecule has 0 unspecified atom stereocenters. The standard InChI is InChI=1S/C21H29N5O3/c1-25-14-23-13-17(25)21(28)24-16-7-8-18(29-15-6-5-9-22-12-15)20(27)19(16)26-10-3-2-4-11-26/h5-6,9,12-14,16,18-20,27H,2-4,7-8,10-11H2,1H3,(H,24,28)/t16-,18-,19+,20+/m1/s1. The number of ether oxygens (including phenoxy) is 1. The van der Waals surface area contributed by atoms with Crippen molar-refractivity contribution in [2.45, 2.75) is 56.4 Å². The fourth-order valence-corrected chi connectivity index (χ4v) is 4.53. The van der Waals surface area contributed by atoms with E-state index in [1.54, 1.807) is 36.5 Å². The summed E-state index contributed by atoms with van der Waals surface area (Å²) in [6.07, 6.45) is 10.4. The molecule has 0 radical (unpaired) electrons. The van der Waals surface area contributed by atoms with E-state index in [-0.39, 0.29) is 24.1 Å². The highest BCUT2D eigenvalue weighted by Crippen LogP contribution is 2.29. The molecule has 4 rings (SSSR count). The van der Waals surface area contributed by atoms with Gasteiger partial charge < -0.3 is 19.7 Å². The molecule has 1 saturated heterocycles. The van der Waals surface area contributed by atoms with Crippen LogP contribution < -0.4 is 10.1 Å². The topological polar surface area (TPSA) is 92.5 Å². The Labute approximate surface area is 170 Å². The number of nitrogens with zero attached hydrogens (tertiary/aromatic N) is 4. The first-order chi connectivity index (χ1) is 14.1. The van der Waals surface area contributed by atoms with Crippen LogP contribution >= 0.6 is 0 Å². The average molecular weight is 399 g/mol. The predicted octanol–water partition coefficient (Wildman–Crippen LogP) is 1.37. The number of amides is 1. The van der Waals surface area contributed by atoms with Gasteiger partial charge in [0.2, 0.25) is 0 Å². The number of carbonyl (C=O) groups is 1. The largest absolute Gasteiger partial charge is 0.486 e. The van der Waals surface area contributed by atoms with Gasteiger partial charge in [0, 0.05) is 19.3 Å². The molecule has 2 aromatic rings. The quantitative estimate of drug-likeness (QED) is 0.789. The van der Waals surface area contributed by atoms with E-state index >= 15 is 0 Å². The second-order valence-electron chi connectivity index (χ2n) is 7.97. The Morgan fingerprint density at radius 3 is 2.72 bits per heavy atom. The highest BCUT2D eigenvalue weighted by Gasteiger charge is 2.44. The van der Waals surface area contributed by atoms with E-state index in [1.165, 1.54) is 6.42 Å². The first-order valence-corrected chi connectivity index (χ1v) is 10.4. The van der Waals surface area contributed by atoms with Gasteiger partial charge in [0.1, 0.15) is 23.7 Å². The van der Waals surface area contributed by atoms with E-state index in [1.807, 2.05) is 12.1 Å². The number of imidazole rings is 1. The summed E-state index contributed by atoms with van der Waals surface area (Å²) in [4.78, 5) is 23.2. The van der Waals surface area contributed by atoms with Crippen molar-refractivity contribution in [2.75, 3.05) is 13.1 Å². The van der Waals surface area contributed by atoms with Crippen molar-refractivity contribution in [3.05, 3.63) is 42.7 Å². The van der Waals surface area contributed by atoms with Gasteiger partial charge in [-0.25, -0.2) is 4.98 Å². The highest BCUT2D eigenvalue weighted by molar-refractivity contribution is 5.92. The zero-order valence-corrected chi connectivity index (χ0v) is 16.8. The summed E-state index contributed by atoms with van der Waals surface area (Å²) in [6, 6.07) is 3.36. The first-order valence-electron chi connectivity index (χ1n) is 10.4. The van der Waals surface area contributed by atoms with Gasteiger partial charge in [-0.15, -0.1) is 0 Å². The van der Waals surface area contributed by atoms with Crippen molar-refractivity contribution >= 4 is 5.91 Å². The molecule has 2 N–H and O–H groups in total. The van der Waals surface area contributed by atoms with Crippen LogP contribution in [0.3, 0.4) is 0 Å². The molecule has 0 spiro atoms. The minimum absolute atomic E-state index is 0.140. The number of hydrogen-bond acceptors (Lipinski definition) is 6. The Morgan fingerprint density at radius 2 is 2.03 bits per heavy atom. The number of piperidine rings is 1. The summed E-state index contributed by atoms with van der Waals surface area (Å²) in [6.45, 7) is 1.86. The van der Waals surface area contributed by atoms with Gasteiger partial charge in [0.05, 0.1) is 24.8 Å². The summed E-state index contributed by atoms with van der Waals surface area (Å²) < 4.78 is 7.77. The molecular weight excluding hydrogens is 370 g/mol. The number of rotatable bonds is 5. The van der Waals surface area contributed by atoms with Crippen molar-refractivity contribution < 1.29 is 14.6 Å². The van der Waals surface area contributed by atoms with Gasteiger partial charge in [-0.3, -0.25) is 14.7 Å². The van der Waals surface area contributed by atoms with Gasteiger partial charge in [0.15, 0.2) is 0 Å². The van der Waals surface area contributed by atoms with Crippen molar-refractivity contribution in [1.29, 1.82) is 0 Å². The first kappa shape index (κ1) is 19.8. The molecule has 1 aliphatic heterocycles. The van der Waals surface area contributed by atoms with E-state index < -0.39 is 6.10 Å². The molecular formula is C21H29N5O3. The normalized spacial score (nSPS) is 28.1. The van der Waals surface area contributed by atoms with Crippen LogP contribution in [-0.4, -0.2) is 67.8 Å². The van der Waals surface area contributed by atoms with Crippen LogP contribution in [0.15, 0.2) is 37.1 Å². The minimum atomic E-state index is -0.695. The summed E-state index contributed by atoms with van der Waals surface area (Å²) in [5.74, 6) is 0.502. The number of hydrogen-bond donors (Lipinski definition) is 2. The lowest BCUT2D eigenvalue weighted by molar-refractivity contribution is -0.0694. The summed E-state index contributed by atoms with van der Waals surface area (Å²) in [5, 5.41) is 14.4. The predicted molar refractivity (Wildman–Crippen MR) is 108 cm³/mol. The maximum atomic E-state index is 12.8. The third-order valence-corrected chi connectivity index (χ3v) is 6.01. The number of aromatic nitrogens is 3. The molecule has 0 bridgehead atoms. The smallest absolute Gasteiger partial charge is 0.269 e. The van der Waals surface area contributed by atoms with Gasteiger partial charge in [-0.05, 0) is 50.9 Å². The molecule has 1 amide bonds. The van der Waals surface area contributed by atoms with E-state index in [2.05, 4.69) is 20.2 Å². The monoisotopic (exact) mass is 399 g/mol. The van der Waals surface area contributed by atoms with Gasteiger partial charge >= 0.3 is 0 Å². The van der Waals surface area contributed by atoms with Crippen LogP contribution in [0.4, 0.5) is 0 Å². The SMILES string of the molecule is Cn1cncc1C(=O)N[C@@H]1CC[C@@H](Oc2cccnc2)[C@H](O)[C@H]1N1CCCCC1. The van der Waals surface area contributed by atoms with Crippen molar-refractivity contribution in [3.8, 4) is 5.75 Å². The lowest BCUT2D eigenvalue weighted by Gasteiger charge is -2.47. The Hall–Kier alpha value is -2.45. The van der Waals surface area contributed by atoms with Gasteiger partial charge in [-0.2, -0.15) is 0 Å². The van der Waals surface area contributed by atoms with E-state index in [0.29, 0.717) is 17.9 Å². The Kier molecular flexibility index (Phi) is 6.10. The summed E-state index contributed by atoms with van der Waals surface area (Å²) >= 11 is 0. The maximum absolute atomic E-state index is 12.8. The summed E-state index contributed by atoms with van der Waals surface area (Å²) in [5.41, 5.74) is 0.519. The maximum Gasteiger partial charge on any atom is 0.269 e. The Balaban J connectivity index is 1.51. The third-order valence-electron chi connectivity index (χ3n) is 6.01. The van der Waals surface area contributed by atoms with E-state index in [9.17, 15) is 9.90 Å². The number of aryl methyl sites for hydroxylation is 1. The lowest BCUT2D eigenvalue weighted by Crippen LogP contribution is -2.64. The van der Waals surface area contributed by atoms with Crippen LogP contribution in [-0.2, 0) is 7.05 Å². The minimum Gasteiger partial charge on any atom is -0.486 e. The zero-order valence-electron chi connectivity index (χ0n) is 16.8. The lowest BCUT2D eigenvalue weighted by atomic mass is 9.83. The van der Waals surface area contributed by atoms with Crippen LogP contribution in [0.2, 0.25) is 0 Å². The Morgan fingerprint density at radius 1 is 1.21 bits per heavy atom. The molecule has 8 heteroatoms. The Bertz CT molecular complexity index is 806. The molecule has 3 heterocycles. The molecule has 1 aliphatic carbocycles. The van der Waals surface area contributed by atoms with Crippen molar-refractivity contribution in [3.63, 3.8) is 0 Å². The fourth-order valence-electron chi connectivity index (χ4n) is 4.53. The highest BCUT2D eigenvalue weighted by atomic mass is 16.5.